The molecule has 1 aliphatic rings. The Bertz CT molecular complexity index is 821. The predicted octanol–water partition coefficient (Wildman–Crippen LogP) is 4.53. The van der Waals surface area contributed by atoms with E-state index in [1.165, 1.54) is 6.33 Å². The molecule has 6 nitrogen and oxygen atoms in total. The molecule has 3 rings (SSSR count). The number of nitrogens with two attached hydrogens (primary N) is 1. The number of halogens is 1. The van der Waals surface area contributed by atoms with Crippen LogP contribution in [-0.4, -0.2) is 27.1 Å². The number of aryl methyl sites for hydroxylation is 1. The number of hydrogen-bond donors (Lipinski definition) is 3. The molecule has 0 aliphatic carbocycles. The summed E-state index contributed by atoms with van der Waals surface area (Å²) < 4.78 is 5.87. The molecule has 7 heteroatoms. The Hall–Kier alpha value is -2.05. The molecule has 4 N–H and O–H groups in total. The van der Waals surface area contributed by atoms with E-state index < -0.39 is 0 Å². The van der Waals surface area contributed by atoms with Gasteiger partial charge in [-0.05, 0) is 71.2 Å². The number of aromatic nitrogens is 2. The number of benzene rings is 1. The van der Waals surface area contributed by atoms with E-state index in [4.69, 9.17) is 22.1 Å². The molecule has 0 saturated carbocycles. The second-order valence-electron chi connectivity index (χ2n) is 8.60. The highest BCUT2D eigenvalue weighted by Crippen LogP contribution is 2.34. The average Bonchev–Trinajstić information content (AvgIpc) is 2.52. The quantitative estimate of drug-likeness (QED) is 0.712. The van der Waals surface area contributed by atoms with Crippen molar-refractivity contribution in [3.8, 4) is 11.6 Å². The zero-order valence-corrected chi connectivity index (χ0v) is 17.3. The Labute approximate surface area is 165 Å². The van der Waals surface area contributed by atoms with Crippen LogP contribution in [0.3, 0.4) is 0 Å². The van der Waals surface area contributed by atoms with E-state index >= 15 is 0 Å². The van der Waals surface area contributed by atoms with Crippen LogP contribution in [-0.2, 0) is 0 Å². The first-order valence-corrected chi connectivity index (χ1v) is 9.53. The van der Waals surface area contributed by atoms with E-state index in [0.717, 1.165) is 18.4 Å². The molecule has 27 heavy (non-hydrogen) atoms. The summed E-state index contributed by atoms with van der Waals surface area (Å²) in [6.45, 7) is 10.8. The van der Waals surface area contributed by atoms with Crippen LogP contribution in [0.1, 0.15) is 46.1 Å². The van der Waals surface area contributed by atoms with Gasteiger partial charge in [-0.2, -0.15) is 4.98 Å². The molecule has 1 aliphatic heterocycles. The fraction of sp³-hybridized carbons (Fsp3) is 0.500. The van der Waals surface area contributed by atoms with E-state index in [1.807, 2.05) is 13.0 Å². The number of ether oxygens (including phenoxy) is 1. The molecule has 0 amide bonds. The highest BCUT2D eigenvalue weighted by Gasteiger charge is 2.38. The number of hydrogen-bond acceptors (Lipinski definition) is 6. The van der Waals surface area contributed by atoms with Crippen molar-refractivity contribution in [2.75, 3.05) is 11.1 Å². The minimum atomic E-state index is 0.0291. The minimum absolute atomic E-state index is 0.0291. The number of piperidine rings is 1. The molecular formula is C20H28ClN5O. The molecule has 0 bridgehead atoms. The number of anilines is 2. The van der Waals surface area contributed by atoms with Gasteiger partial charge in [-0.3, -0.25) is 0 Å². The second-order valence-corrected chi connectivity index (χ2v) is 9.00. The maximum absolute atomic E-state index is 6.30. The van der Waals surface area contributed by atoms with Gasteiger partial charge >= 0.3 is 0 Å². The van der Waals surface area contributed by atoms with Gasteiger partial charge in [0.1, 0.15) is 17.8 Å². The summed E-state index contributed by atoms with van der Waals surface area (Å²) >= 11 is 6.07. The molecule has 1 fully saturated rings. The van der Waals surface area contributed by atoms with E-state index in [0.29, 0.717) is 28.2 Å². The van der Waals surface area contributed by atoms with Crippen molar-refractivity contribution in [2.45, 2.75) is 64.6 Å². The van der Waals surface area contributed by atoms with Crippen LogP contribution in [0.15, 0.2) is 24.5 Å². The molecule has 1 aromatic heterocycles. The number of nitrogens with one attached hydrogen (secondary N) is 2. The van der Waals surface area contributed by atoms with Gasteiger partial charge in [0.05, 0.1) is 0 Å². The first-order valence-electron chi connectivity index (χ1n) is 9.15. The van der Waals surface area contributed by atoms with Crippen LogP contribution < -0.4 is 21.1 Å². The predicted molar refractivity (Wildman–Crippen MR) is 111 cm³/mol. The Kier molecular flexibility index (Phi) is 5.23. The molecule has 0 unspecified atom stereocenters. The van der Waals surface area contributed by atoms with Gasteiger partial charge in [-0.25, -0.2) is 4.98 Å². The van der Waals surface area contributed by atoms with Gasteiger partial charge in [0.25, 0.3) is 0 Å². The summed E-state index contributed by atoms with van der Waals surface area (Å²) in [5.41, 5.74) is 7.69. The van der Waals surface area contributed by atoms with Crippen molar-refractivity contribution in [3.63, 3.8) is 0 Å². The fourth-order valence-corrected chi connectivity index (χ4v) is 4.10. The lowest BCUT2D eigenvalue weighted by molar-refractivity contribution is 0.170. The van der Waals surface area contributed by atoms with Crippen LogP contribution in [0.25, 0.3) is 0 Å². The van der Waals surface area contributed by atoms with Gasteiger partial charge in [0.15, 0.2) is 5.82 Å². The van der Waals surface area contributed by atoms with E-state index in [1.54, 1.807) is 12.1 Å². The summed E-state index contributed by atoms with van der Waals surface area (Å²) in [5.74, 6) is 1.57. The van der Waals surface area contributed by atoms with Crippen LogP contribution >= 0.6 is 11.6 Å². The summed E-state index contributed by atoms with van der Waals surface area (Å²) in [4.78, 5) is 8.53. The lowest BCUT2D eigenvalue weighted by Crippen LogP contribution is -2.60. The Morgan fingerprint density at radius 1 is 1.19 bits per heavy atom. The normalized spacial score (nSPS) is 18.9. The zero-order valence-electron chi connectivity index (χ0n) is 16.6. The molecule has 2 aromatic rings. The average molecular weight is 390 g/mol. The molecule has 0 radical (unpaired) electrons. The lowest BCUT2D eigenvalue weighted by Gasteiger charge is -2.46. The third kappa shape index (κ3) is 4.82. The third-order valence-electron chi connectivity index (χ3n) is 4.72. The lowest BCUT2D eigenvalue weighted by atomic mass is 9.79. The van der Waals surface area contributed by atoms with Crippen molar-refractivity contribution in [1.29, 1.82) is 0 Å². The summed E-state index contributed by atoms with van der Waals surface area (Å²) in [7, 11) is 0. The first-order chi connectivity index (χ1) is 12.5. The standard InChI is InChI=1S/C20H28ClN5O/c1-12-8-14(6-7-15(12)21)27-18-16(22)17(23-11-24-18)25-13-9-19(2,3)26-20(4,5)10-13/h6-8,11,13,26H,9-10,22H2,1-5H3,(H,23,24,25). The maximum Gasteiger partial charge on any atom is 0.248 e. The SMILES string of the molecule is Cc1cc(Oc2ncnc(NC3CC(C)(C)NC(C)(C)C3)c2N)ccc1Cl. The summed E-state index contributed by atoms with van der Waals surface area (Å²) in [6.07, 6.45) is 3.40. The number of rotatable bonds is 4. The van der Waals surface area contributed by atoms with Gasteiger partial charge in [0.2, 0.25) is 5.88 Å². The maximum atomic E-state index is 6.30. The highest BCUT2D eigenvalue weighted by molar-refractivity contribution is 6.31. The molecule has 1 saturated heterocycles. The van der Waals surface area contributed by atoms with Crippen molar-refractivity contribution in [2.24, 2.45) is 0 Å². The van der Waals surface area contributed by atoms with Crippen molar-refractivity contribution >= 4 is 23.1 Å². The Morgan fingerprint density at radius 2 is 1.85 bits per heavy atom. The zero-order chi connectivity index (χ0) is 19.8. The molecule has 0 atom stereocenters. The molecular weight excluding hydrogens is 362 g/mol. The molecule has 1 aromatic carbocycles. The molecule has 0 spiro atoms. The number of nitrogen functional groups attached to an aromatic ring is 1. The van der Waals surface area contributed by atoms with Crippen LogP contribution in [0.2, 0.25) is 5.02 Å². The van der Waals surface area contributed by atoms with Crippen molar-refractivity contribution in [3.05, 3.63) is 35.1 Å². The van der Waals surface area contributed by atoms with Crippen LogP contribution in [0.5, 0.6) is 11.6 Å². The van der Waals surface area contributed by atoms with E-state index in [9.17, 15) is 0 Å². The smallest absolute Gasteiger partial charge is 0.248 e. The fourth-order valence-electron chi connectivity index (χ4n) is 3.99. The monoisotopic (exact) mass is 389 g/mol. The van der Waals surface area contributed by atoms with Crippen LogP contribution in [0.4, 0.5) is 11.5 Å². The highest BCUT2D eigenvalue weighted by atomic mass is 35.5. The third-order valence-corrected chi connectivity index (χ3v) is 5.15. The largest absolute Gasteiger partial charge is 0.437 e. The second kappa shape index (κ2) is 7.17. The minimum Gasteiger partial charge on any atom is -0.437 e. The molecule has 2 heterocycles. The van der Waals surface area contributed by atoms with Gasteiger partial charge in [0, 0.05) is 22.1 Å². The topological polar surface area (TPSA) is 85.1 Å². The van der Waals surface area contributed by atoms with Crippen molar-refractivity contribution in [1.82, 2.24) is 15.3 Å². The summed E-state index contributed by atoms with van der Waals surface area (Å²) in [5, 5.41) is 7.86. The Balaban J connectivity index is 1.79. The molecule has 146 valence electrons. The van der Waals surface area contributed by atoms with Gasteiger partial charge < -0.3 is 21.1 Å². The van der Waals surface area contributed by atoms with Gasteiger partial charge in [-0.1, -0.05) is 11.6 Å². The van der Waals surface area contributed by atoms with Gasteiger partial charge in [-0.15, -0.1) is 0 Å². The number of nitrogens with zero attached hydrogens (tertiary/aromatic N) is 2. The summed E-state index contributed by atoms with van der Waals surface area (Å²) in [6, 6.07) is 5.69. The van der Waals surface area contributed by atoms with Crippen LogP contribution in [0, 0.1) is 6.92 Å². The van der Waals surface area contributed by atoms with Crippen molar-refractivity contribution < 1.29 is 4.74 Å². The first kappa shape index (κ1) is 19.7. The van der Waals surface area contributed by atoms with E-state index in [-0.39, 0.29) is 17.1 Å². The Morgan fingerprint density at radius 3 is 2.48 bits per heavy atom. The van der Waals surface area contributed by atoms with E-state index in [2.05, 4.69) is 48.3 Å².